The molecule has 0 fully saturated rings. The molecule has 0 rings (SSSR count). The summed E-state index contributed by atoms with van der Waals surface area (Å²) in [6.45, 7) is -0.286. The van der Waals surface area contributed by atoms with Gasteiger partial charge in [-0.1, -0.05) is 0 Å². The average Bonchev–Trinajstić information content (AvgIpc) is 1.85. The Balaban J connectivity index is 0. The molecule has 0 aliphatic carbocycles. The summed E-state index contributed by atoms with van der Waals surface area (Å²) in [4.78, 5) is 10.2. The van der Waals surface area contributed by atoms with Gasteiger partial charge in [-0.05, 0) is 0 Å². The van der Waals surface area contributed by atoms with E-state index >= 15 is 0 Å². The van der Waals surface area contributed by atoms with Gasteiger partial charge in [0, 0.05) is 36.1 Å². The zero-order valence-corrected chi connectivity index (χ0v) is 9.65. The summed E-state index contributed by atoms with van der Waals surface area (Å²) in [7, 11) is -3.37. The van der Waals surface area contributed by atoms with Gasteiger partial charge in [0.2, 0.25) is 0 Å². The molecule has 0 saturated heterocycles. The van der Waals surface area contributed by atoms with E-state index in [2.05, 4.69) is 4.74 Å². The number of nitrogens with one attached hydrogen (secondary N) is 1. The van der Waals surface area contributed by atoms with Crippen molar-refractivity contribution < 1.29 is 21.8 Å². The first-order valence-corrected chi connectivity index (χ1v) is 4.25. The van der Waals surface area contributed by atoms with Crippen molar-refractivity contribution in [3.8, 4) is 0 Å². The summed E-state index contributed by atoms with van der Waals surface area (Å²) in [6, 6.07) is 0. The Kier molecular flexibility index (Phi) is 8.12. The second-order valence-electron chi connectivity index (χ2n) is 1.66. The van der Waals surface area contributed by atoms with Gasteiger partial charge in [-0.2, -0.15) is 8.42 Å². The summed E-state index contributed by atoms with van der Waals surface area (Å²) in [6.07, 6.45) is -0.784. The van der Waals surface area contributed by atoms with Crippen LogP contribution in [0, 0.1) is 0 Å². The molecule has 1 amide bonds. The van der Waals surface area contributed by atoms with E-state index in [0.717, 1.165) is 7.11 Å². The van der Waals surface area contributed by atoms with Crippen LogP contribution in [0.25, 0.3) is 0 Å². The Morgan fingerprint density at radius 1 is 1.58 bits per heavy atom. The zero-order valence-electron chi connectivity index (χ0n) is 6.83. The molecule has 0 spiro atoms. The van der Waals surface area contributed by atoms with Gasteiger partial charge in [0.25, 0.3) is 0 Å². The first kappa shape index (κ1) is 14.7. The Morgan fingerprint density at radius 2 is 2.08 bits per heavy atom. The van der Waals surface area contributed by atoms with E-state index < -0.39 is 22.1 Å². The van der Waals surface area contributed by atoms with Crippen LogP contribution in [0.15, 0.2) is 0 Å². The molecule has 0 aromatic carbocycles. The SMILES string of the molecule is COC(=O)NCCS(=O)(=O)F.[Na]. The van der Waals surface area contributed by atoms with Gasteiger partial charge in [0.05, 0.1) is 12.9 Å². The maximum Gasteiger partial charge on any atom is 0.406 e. The number of hydrogen-bond acceptors (Lipinski definition) is 4. The maximum absolute atomic E-state index is 11.7. The fourth-order valence-electron chi connectivity index (χ4n) is 0.347. The first-order valence-electron chi connectivity index (χ1n) is 2.70. The van der Waals surface area contributed by atoms with E-state index in [0.29, 0.717) is 0 Å². The summed E-state index contributed by atoms with van der Waals surface area (Å²) in [5, 5.41) is 2.01. The Labute approximate surface area is 92.2 Å². The minimum atomic E-state index is -4.50. The molecule has 0 aliphatic rings. The van der Waals surface area contributed by atoms with E-state index in [1.807, 2.05) is 5.32 Å². The number of ether oxygens (including phenoxy) is 1. The fraction of sp³-hybridized carbons (Fsp3) is 0.750. The topological polar surface area (TPSA) is 72.5 Å². The van der Waals surface area contributed by atoms with E-state index in [4.69, 9.17) is 0 Å². The van der Waals surface area contributed by atoms with Crippen LogP contribution in [0.5, 0.6) is 0 Å². The van der Waals surface area contributed by atoms with E-state index in [9.17, 15) is 17.1 Å². The molecule has 1 N–H and O–H groups in total. The van der Waals surface area contributed by atoms with Crippen LogP contribution >= 0.6 is 0 Å². The van der Waals surface area contributed by atoms with E-state index in [1.165, 1.54) is 0 Å². The maximum atomic E-state index is 11.7. The molecule has 0 heterocycles. The largest absolute Gasteiger partial charge is 0.453 e. The molecule has 0 aliphatic heterocycles. The smallest absolute Gasteiger partial charge is 0.406 e. The van der Waals surface area contributed by atoms with Crippen molar-refractivity contribution in [3.05, 3.63) is 0 Å². The third kappa shape index (κ3) is 10.2. The molecular weight excluding hydrogens is 200 g/mol. The Morgan fingerprint density at radius 3 is 2.42 bits per heavy atom. The summed E-state index contributed by atoms with van der Waals surface area (Å²) in [5.41, 5.74) is 0. The number of rotatable bonds is 3. The molecule has 5 nitrogen and oxygen atoms in total. The molecule has 8 heteroatoms. The second kappa shape index (κ2) is 6.64. The quantitative estimate of drug-likeness (QED) is 0.489. The Bertz CT molecular complexity index is 229. The molecular formula is C4H8FNNaO4S. The van der Waals surface area contributed by atoms with Crippen LogP contribution in [-0.4, -0.2) is 63.5 Å². The number of amides is 1. The number of halogens is 1. The molecule has 12 heavy (non-hydrogen) atoms. The average molecular weight is 208 g/mol. The molecule has 1 radical (unpaired) electrons. The summed E-state index contributed by atoms with van der Waals surface area (Å²) in [5.74, 6) is -0.734. The third-order valence-electron chi connectivity index (χ3n) is 0.801. The minimum Gasteiger partial charge on any atom is -0.453 e. The molecule has 0 aromatic heterocycles. The normalized spacial score (nSPS) is 9.83. The number of carbonyl (C=O) groups excluding carboxylic acids is 1. The van der Waals surface area contributed by atoms with Crippen molar-refractivity contribution >= 4 is 45.9 Å². The van der Waals surface area contributed by atoms with Gasteiger partial charge in [-0.15, -0.1) is 3.89 Å². The van der Waals surface area contributed by atoms with Crippen LogP contribution in [-0.2, 0) is 15.0 Å². The number of hydrogen-bond donors (Lipinski definition) is 1. The van der Waals surface area contributed by atoms with Crippen molar-refractivity contribution in [2.75, 3.05) is 19.4 Å². The molecule has 0 atom stereocenters. The van der Waals surface area contributed by atoms with Crippen LogP contribution in [0.3, 0.4) is 0 Å². The third-order valence-corrected chi connectivity index (χ3v) is 1.49. The van der Waals surface area contributed by atoms with Crippen molar-refractivity contribution in [2.45, 2.75) is 0 Å². The van der Waals surface area contributed by atoms with Crippen LogP contribution < -0.4 is 5.32 Å². The fourth-order valence-corrected chi connectivity index (χ4v) is 0.693. The van der Waals surface area contributed by atoms with Gasteiger partial charge in [-0.3, -0.25) is 0 Å². The number of alkyl carbamates (subject to hydrolysis) is 1. The van der Waals surface area contributed by atoms with Crippen molar-refractivity contribution in [2.24, 2.45) is 0 Å². The predicted octanol–water partition coefficient (Wildman–Crippen LogP) is -0.739. The Hall–Kier alpha value is 0.150. The molecule has 0 unspecified atom stereocenters. The van der Waals surface area contributed by atoms with Crippen LogP contribution in [0.2, 0.25) is 0 Å². The molecule has 0 saturated carbocycles. The van der Waals surface area contributed by atoms with Gasteiger partial charge in [-0.25, -0.2) is 4.79 Å². The first-order chi connectivity index (χ1) is 4.95. The number of methoxy groups -OCH3 is 1. The van der Waals surface area contributed by atoms with E-state index in [1.54, 1.807) is 0 Å². The molecule has 0 bridgehead atoms. The standard InChI is InChI=1S/C4H8FNO4S.Na/c1-10-4(7)6-2-3-11(5,8)9;/h2-3H2,1H3,(H,6,7);. The molecule has 0 aromatic rings. The summed E-state index contributed by atoms with van der Waals surface area (Å²) < 4.78 is 35.5. The monoisotopic (exact) mass is 208 g/mol. The zero-order chi connectivity index (χ0) is 8.91. The van der Waals surface area contributed by atoms with Crippen LogP contribution in [0.4, 0.5) is 8.68 Å². The van der Waals surface area contributed by atoms with Crippen molar-refractivity contribution in [3.63, 3.8) is 0 Å². The molecule has 67 valence electrons. The summed E-state index contributed by atoms with van der Waals surface area (Å²) >= 11 is 0. The van der Waals surface area contributed by atoms with Gasteiger partial charge < -0.3 is 10.1 Å². The van der Waals surface area contributed by atoms with Gasteiger partial charge >= 0.3 is 16.3 Å². The van der Waals surface area contributed by atoms with Crippen molar-refractivity contribution in [1.29, 1.82) is 0 Å². The van der Waals surface area contributed by atoms with Gasteiger partial charge in [0.1, 0.15) is 0 Å². The van der Waals surface area contributed by atoms with Crippen molar-refractivity contribution in [1.82, 2.24) is 5.32 Å². The van der Waals surface area contributed by atoms with E-state index in [-0.39, 0.29) is 36.1 Å². The second-order valence-corrected chi connectivity index (χ2v) is 3.15. The van der Waals surface area contributed by atoms with Crippen LogP contribution in [0.1, 0.15) is 0 Å². The number of carbonyl (C=O) groups is 1. The minimum absolute atomic E-state index is 0. The van der Waals surface area contributed by atoms with Gasteiger partial charge in [0.15, 0.2) is 0 Å². The predicted molar refractivity (Wildman–Crippen MR) is 41.1 cm³/mol.